The van der Waals surface area contributed by atoms with Gasteiger partial charge in [-0.15, -0.1) is 0 Å². The van der Waals surface area contributed by atoms with E-state index in [1.165, 1.54) is 6.20 Å². The van der Waals surface area contributed by atoms with Gasteiger partial charge < -0.3 is 5.32 Å². The van der Waals surface area contributed by atoms with Gasteiger partial charge in [0.15, 0.2) is 5.13 Å². The number of aromatic nitrogens is 2. The summed E-state index contributed by atoms with van der Waals surface area (Å²) in [6, 6.07) is 5.14. The molecule has 0 atom stereocenters. The first-order valence-electron chi connectivity index (χ1n) is 6.51. The van der Waals surface area contributed by atoms with Crippen LogP contribution in [0.4, 0.5) is 22.3 Å². The Morgan fingerprint density at radius 2 is 1.92 bits per heavy atom. The molecule has 12 heteroatoms. The average molecular weight is 424 g/mol. The highest BCUT2D eigenvalue weighted by Crippen LogP contribution is 2.34. The van der Waals surface area contributed by atoms with Crippen molar-refractivity contribution >= 4 is 59.7 Å². The molecule has 0 unspecified atom stereocenters. The fourth-order valence-corrected chi connectivity index (χ4v) is 3.20. The maximum Gasteiger partial charge on any atom is 0.294 e. The quantitative estimate of drug-likeness (QED) is 0.496. The van der Waals surface area contributed by atoms with Crippen LogP contribution in [0.15, 0.2) is 39.7 Å². The summed E-state index contributed by atoms with van der Waals surface area (Å²) in [4.78, 5) is 40.6. The summed E-state index contributed by atoms with van der Waals surface area (Å²) in [5.41, 5.74) is -1.87. The zero-order valence-electron chi connectivity index (χ0n) is 12.0. The Labute approximate surface area is 150 Å². The van der Waals surface area contributed by atoms with Crippen molar-refractivity contribution in [1.29, 1.82) is 0 Å². The van der Waals surface area contributed by atoms with Crippen LogP contribution in [0.25, 0.3) is 10.1 Å². The van der Waals surface area contributed by atoms with Gasteiger partial charge in [-0.25, -0.2) is 4.98 Å². The van der Waals surface area contributed by atoms with Gasteiger partial charge in [-0.1, -0.05) is 11.3 Å². The van der Waals surface area contributed by atoms with Crippen molar-refractivity contribution < 1.29 is 9.85 Å². The van der Waals surface area contributed by atoms with Crippen LogP contribution in [0, 0.1) is 20.2 Å². The number of anilines is 2. The summed E-state index contributed by atoms with van der Waals surface area (Å²) in [5.74, 6) is 0.385. The fourth-order valence-electron chi connectivity index (χ4n) is 1.99. The van der Waals surface area contributed by atoms with Crippen molar-refractivity contribution in [2.75, 3.05) is 5.32 Å². The summed E-state index contributed by atoms with van der Waals surface area (Å²) < 4.78 is 0.746. The van der Waals surface area contributed by atoms with Gasteiger partial charge in [-0.2, -0.15) is 4.98 Å². The molecule has 0 spiro atoms. The van der Waals surface area contributed by atoms with Crippen LogP contribution in [0.3, 0.4) is 0 Å². The number of nitro benzene ring substituents is 2. The fraction of sp³-hybridized carbons (Fsp3) is 0. The van der Waals surface area contributed by atoms with Gasteiger partial charge in [-0.3, -0.25) is 25.0 Å². The van der Waals surface area contributed by atoms with Gasteiger partial charge in [0.1, 0.15) is 10.5 Å². The maximum absolute atomic E-state index is 12.2. The first kappa shape index (κ1) is 16.9. The second-order valence-electron chi connectivity index (χ2n) is 4.67. The lowest BCUT2D eigenvalue weighted by atomic mass is 10.2. The van der Waals surface area contributed by atoms with Crippen molar-refractivity contribution in [3.05, 3.63) is 65.5 Å². The molecule has 2 heterocycles. The molecule has 2 aromatic heterocycles. The summed E-state index contributed by atoms with van der Waals surface area (Å²) in [6.45, 7) is 0. The van der Waals surface area contributed by atoms with E-state index in [-0.39, 0.29) is 15.2 Å². The number of hydrogen-bond acceptors (Lipinski definition) is 9. The largest absolute Gasteiger partial charge is 0.316 e. The van der Waals surface area contributed by atoms with Crippen molar-refractivity contribution in [2.24, 2.45) is 0 Å². The van der Waals surface area contributed by atoms with Crippen molar-refractivity contribution in [3.8, 4) is 0 Å². The van der Waals surface area contributed by atoms with Gasteiger partial charge in [0, 0.05) is 16.7 Å². The van der Waals surface area contributed by atoms with Crippen LogP contribution >= 0.6 is 27.3 Å². The number of benzene rings is 1. The van der Waals surface area contributed by atoms with Crippen LogP contribution in [-0.4, -0.2) is 19.8 Å². The zero-order chi connectivity index (χ0) is 18.1. The Kier molecular flexibility index (Phi) is 4.37. The van der Waals surface area contributed by atoms with E-state index in [9.17, 15) is 25.0 Å². The van der Waals surface area contributed by atoms with E-state index in [1.807, 2.05) is 0 Å². The van der Waals surface area contributed by atoms with E-state index in [0.29, 0.717) is 5.82 Å². The molecule has 3 rings (SSSR count). The van der Waals surface area contributed by atoms with Crippen LogP contribution < -0.4 is 10.9 Å². The molecule has 0 radical (unpaired) electrons. The molecule has 0 saturated carbocycles. The molecule has 1 N–H and O–H groups in total. The first-order chi connectivity index (χ1) is 11.8. The third-order valence-electron chi connectivity index (χ3n) is 3.06. The number of nitro groups is 2. The van der Waals surface area contributed by atoms with E-state index in [4.69, 9.17) is 0 Å². The number of nitrogens with one attached hydrogen (secondary N) is 1. The highest BCUT2D eigenvalue weighted by molar-refractivity contribution is 9.10. The molecule has 126 valence electrons. The van der Waals surface area contributed by atoms with Gasteiger partial charge in [0.25, 0.3) is 16.9 Å². The van der Waals surface area contributed by atoms with Crippen LogP contribution in [0.2, 0.25) is 0 Å². The van der Waals surface area contributed by atoms with Crippen LogP contribution in [-0.2, 0) is 0 Å². The Morgan fingerprint density at radius 3 is 2.52 bits per heavy atom. The summed E-state index contributed by atoms with van der Waals surface area (Å²) in [5, 5.41) is 24.8. The van der Waals surface area contributed by atoms with E-state index >= 15 is 0 Å². The molecular formula is C13H6BrN5O5S. The number of rotatable bonds is 4. The number of halogens is 1. The second kappa shape index (κ2) is 6.49. The van der Waals surface area contributed by atoms with Gasteiger partial charge in [-0.05, 0) is 28.1 Å². The third kappa shape index (κ3) is 3.44. The van der Waals surface area contributed by atoms with Crippen molar-refractivity contribution in [2.45, 2.75) is 0 Å². The summed E-state index contributed by atoms with van der Waals surface area (Å²) >= 11 is 4.07. The predicted molar refractivity (Wildman–Crippen MR) is 94.4 cm³/mol. The van der Waals surface area contributed by atoms with E-state index in [0.717, 1.165) is 27.9 Å². The maximum atomic E-state index is 12.2. The second-order valence-corrected chi connectivity index (χ2v) is 6.58. The third-order valence-corrected chi connectivity index (χ3v) is 4.55. The molecule has 0 amide bonds. The molecule has 3 aromatic rings. The Bertz CT molecular complexity index is 1070. The average Bonchev–Trinajstić information content (AvgIpc) is 2.56. The molecule has 25 heavy (non-hydrogen) atoms. The van der Waals surface area contributed by atoms with Gasteiger partial charge >= 0.3 is 0 Å². The smallest absolute Gasteiger partial charge is 0.294 e. The normalized spacial score (nSPS) is 10.6. The minimum atomic E-state index is -0.805. The van der Waals surface area contributed by atoms with Crippen molar-refractivity contribution in [1.82, 2.24) is 9.97 Å². The predicted octanol–water partition coefficient (Wildman–Crippen LogP) is 3.37. The number of hydrogen-bond donors (Lipinski definition) is 1. The lowest BCUT2D eigenvalue weighted by molar-refractivity contribution is -0.392. The Morgan fingerprint density at radius 1 is 1.16 bits per heavy atom. The van der Waals surface area contributed by atoms with Gasteiger partial charge in [0.05, 0.1) is 21.3 Å². The number of non-ortho nitro benzene ring substituents is 2. The highest BCUT2D eigenvalue weighted by Gasteiger charge is 2.22. The van der Waals surface area contributed by atoms with E-state index < -0.39 is 26.8 Å². The Hall–Kier alpha value is -2.99. The van der Waals surface area contributed by atoms with Gasteiger partial charge in [0.2, 0.25) is 0 Å². The zero-order valence-corrected chi connectivity index (χ0v) is 14.4. The van der Waals surface area contributed by atoms with Crippen LogP contribution in [0.1, 0.15) is 0 Å². The Balaban J connectivity index is 2.17. The number of fused-ring (bicyclic) bond motifs is 1. The summed E-state index contributed by atoms with van der Waals surface area (Å²) in [6.07, 6.45) is 1.53. The first-order valence-corrected chi connectivity index (χ1v) is 8.12. The highest BCUT2D eigenvalue weighted by atomic mass is 79.9. The molecule has 10 nitrogen and oxygen atoms in total. The van der Waals surface area contributed by atoms with Crippen LogP contribution in [0.5, 0.6) is 0 Å². The molecule has 0 fully saturated rings. The molecule has 0 aliphatic carbocycles. The topological polar surface area (TPSA) is 141 Å². The molecule has 1 aromatic carbocycles. The minimum absolute atomic E-state index is 0.00443. The van der Waals surface area contributed by atoms with E-state index in [1.54, 1.807) is 12.1 Å². The molecule has 0 bridgehead atoms. The SMILES string of the molecule is O=c1nc(Nc2ccc(Br)cn2)sc2c([N+](=O)[O-])cc([N+](=O)[O-])cc12. The monoisotopic (exact) mass is 423 g/mol. The standard InChI is InChI=1S/C13H6BrN5O5S/c14-6-1-2-10(15-5-6)16-13-17-12(20)8-3-7(18(21)22)4-9(19(23)24)11(8)25-13/h1-5H,(H,15,16,17,20). The number of nitrogens with zero attached hydrogens (tertiary/aromatic N) is 4. The lowest BCUT2D eigenvalue weighted by Crippen LogP contribution is -2.09. The molecule has 0 aliphatic heterocycles. The number of pyridine rings is 1. The molecule has 0 aliphatic rings. The van der Waals surface area contributed by atoms with E-state index in [2.05, 4.69) is 31.2 Å². The lowest BCUT2D eigenvalue weighted by Gasteiger charge is -2.05. The minimum Gasteiger partial charge on any atom is -0.316 e. The molecule has 0 saturated heterocycles. The molecular weight excluding hydrogens is 418 g/mol. The van der Waals surface area contributed by atoms with Crippen molar-refractivity contribution in [3.63, 3.8) is 0 Å². The summed E-state index contributed by atoms with van der Waals surface area (Å²) in [7, 11) is 0.